The maximum atomic E-state index is 12.1. The molecule has 0 fully saturated rings. The van der Waals surface area contributed by atoms with Crippen LogP contribution in [-0.2, 0) is 14.3 Å². The van der Waals surface area contributed by atoms with E-state index in [1.165, 1.54) is 6.08 Å². The Morgan fingerprint density at radius 3 is 2.17 bits per heavy atom. The Balaban J connectivity index is 4.72. The van der Waals surface area contributed by atoms with Gasteiger partial charge in [0.1, 0.15) is 11.6 Å². The first-order valence-electron chi connectivity index (χ1n) is 5.19. The summed E-state index contributed by atoms with van der Waals surface area (Å²) in [6.45, 7) is 8.02. The molecular weight excluding hydrogens is 251 g/mol. The number of rotatable bonds is 4. The monoisotopic (exact) mass is 267 g/mol. The molecule has 7 heteroatoms. The summed E-state index contributed by atoms with van der Waals surface area (Å²) < 4.78 is 41.1. The minimum atomic E-state index is -5.04. The fourth-order valence-corrected chi connectivity index (χ4v) is 0.994. The minimum absolute atomic E-state index is 0.142. The molecule has 1 atom stereocenters. The van der Waals surface area contributed by atoms with E-state index in [4.69, 9.17) is 4.74 Å². The highest BCUT2D eigenvalue weighted by Crippen LogP contribution is 2.16. The minimum Gasteiger partial charge on any atom is -0.458 e. The molecule has 18 heavy (non-hydrogen) atoms. The molecule has 0 bridgehead atoms. The molecule has 0 aromatic heterocycles. The highest BCUT2D eigenvalue weighted by Gasteiger charge is 2.41. The van der Waals surface area contributed by atoms with Gasteiger partial charge in [-0.2, -0.15) is 13.2 Å². The van der Waals surface area contributed by atoms with E-state index in [9.17, 15) is 22.8 Å². The van der Waals surface area contributed by atoms with Gasteiger partial charge in [0.2, 0.25) is 0 Å². The fourth-order valence-electron chi connectivity index (χ4n) is 0.994. The highest BCUT2D eigenvalue weighted by atomic mass is 19.4. The van der Waals surface area contributed by atoms with Gasteiger partial charge in [-0.25, -0.2) is 4.79 Å². The van der Waals surface area contributed by atoms with E-state index in [1.54, 1.807) is 26.1 Å². The largest absolute Gasteiger partial charge is 0.471 e. The van der Waals surface area contributed by atoms with Crippen LogP contribution < -0.4 is 5.32 Å². The Labute approximate surface area is 103 Å². The van der Waals surface area contributed by atoms with Crippen LogP contribution in [0, 0.1) is 0 Å². The molecule has 104 valence electrons. The molecule has 0 aliphatic rings. The summed E-state index contributed by atoms with van der Waals surface area (Å²) in [5.41, 5.74) is -0.848. The van der Waals surface area contributed by atoms with Crippen LogP contribution in [0.4, 0.5) is 13.2 Å². The average molecular weight is 267 g/mol. The van der Waals surface area contributed by atoms with Crippen molar-refractivity contribution in [3.8, 4) is 0 Å². The van der Waals surface area contributed by atoms with Gasteiger partial charge < -0.3 is 10.1 Å². The molecule has 0 aliphatic heterocycles. The number of alkyl halides is 3. The zero-order valence-corrected chi connectivity index (χ0v) is 10.4. The third-order valence-corrected chi connectivity index (χ3v) is 1.66. The molecule has 0 spiro atoms. The van der Waals surface area contributed by atoms with E-state index >= 15 is 0 Å². The molecule has 0 heterocycles. The van der Waals surface area contributed by atoms with Crippen LogP contribution in [0.2, 0.25) is 0 Å². The SMILES string of the molecule is C=CC[C@H](NC(=O)C(F)(F)F)C(=O)OC(C)(C)C. The van der Waals surface area contributed by atoms with Crippen molar-refractivity contribution < 1.29 is 27.5 Å². The zero-order chi connectivity index (χ0) is 14.6. The number of hydrogen-bond acceptors (Lipinski definition) is 3. The summed E-state index contributed by atoms with van der Waals surface area (Å²) >= 11 is 0. The molecule has 0 radical (unpaired) electrons. The van der Waals surface area contributed by atoms with Gasteiger partial charge in [0, 0.05) is 0 Å². The number of carbonyl (C=O) groups excluding carboxylic acids is 2. The maximum absolute atomic E-state index is 12.1. The first-order chi connectivity index (χ1) is 7.97. The number of carbonyl (C=O) groups is 2. The lowest BCUT2D eigenvalue weighted by molar-refractivity contribution is -0.177. The molecule has 0 saturated heterocycles. The standard InChI is InChI=1S/C11H16F3NO3/c1-5-6-7(8(16)18-10(2,3)4)15-9(17)11(12,13)14/h5,7H,1,6H2,2-4H3,(H,15,17)/t7-/m0/s1. The number of hydrogen-bond donors (Lipinski definition) is 1. The maximum Gasteiger partial charge on any atom is 0.471 e. The van der Waals surface area contributed by atoms with Crippen molar-refractivity contribution >= 4 is 11.9 Å². The van der Waals surface area contributed by atoms with Crippen LogP contribution in [0.3, 0.4) is 0 Å². The van der Waals surface area contributed by atoms with E-state index in [-0.39, 0.29) is 6.42 Å². The Bertz CT molecular complexity index is 331. The first kappa shape index (κ1) is 16.5. The number of ether oxygens (including phenoxy) is 1. The van der Waals surface area contributed by atoms with Crippen LogP contribution in [0.25, 0.3) is 0 Å². The zero-order valence-electron chi connectivity index (χ0n) is 10.4. The quantitative estimate of drug-likeness (QED) is 0.625. The number of esters is 1. The van der Waals surface area contributed by atoms with Gasteiger partial charge in [0.25, 0.3) is 0 Å². The lowest BCUT2D eigenvalue weighted by atomic mass is 10.1. The van der Waals surface area contributed by atoms with Crippen molar-refractivity contribution in [1.82, 2.24) is 5.32 Å². The lowest BCUT2D eigenvalue weighted by Crippen LogP contribution is -2.48. The predicted octanol–water partition coefficient (Wildman–Crippen LogP) is 1.95. The van der Waals surface area contributed by atoms with E-state index in [0.717, 1.165) is 0 Å². The molecular formula is C11H16F3NO3. The van der Waals surface area contributed by atoms with Gasteiger partial charge in [0.05, 0.1) is 0 Å². The van der Waals surface area contributed by atoms with Gasteiger partial charge in [-0.05, 0) is 27.2 Å². The number of halogens is 3. The normalized spacial score (nSPS) is 13.7. The van der Waals surface area contributed by atoms with Crippen LogP contribution >= 0.6 is 0 Å². The highest BCUT2D eigenvalue weighted by molar-refractivity contribution is 5.87. The van der Waals surface area contributed by atoms with E-state index in [1.807, 2.05) is 0 Å². The lowest BCUT2D eigenvalue weighted by Gasteiger charge is -2.24. The summed E-state index contributed by atoms with van der Waals surface area (Å²) in [4.78, 5) is 22.3. The van der Waals surface area contributed by atoms with Crippen molar-refractivity contribution in [3.63, 3.8) is 0 Å². The Kier molecular flexibility index (Phi) is 5.38. The van der Waals surface area contributed by atoms with Crippen molar-refractivity contribution in [2.75, 3.05) is 0 Å². The second-order valence-electron chi connectivity index (χ2n) is 4.58. The summed E-state index contributed by atoms with van der Waals surface area (Å²) in [6.07, 6.45) is -3.95. The second kappa shape index (κ2) is 5.88. The Hall–Kier alpha value is -1.53. The molecule has 0 aromatic rings. The molecule has 1 N–H and O–H groups in total. The molecule has 0 unspecified atom stereocenters. The average Bonchev–Trinajstić information content (AvgIpc) is 2.12. The number of amides is 1. The first-order valence-corrected chi connectivity index (χ1v) is 5.19. The summed E-state index contributed by atoms with van der Waals surface area (Å²) in [7, 11) is 0. The predicted molar refractivity (Wildman–Crippen MR) is 58.6 cm³/mol. The van der Waals surface area contributed by atoms with Gasteiger partial charge in [-0.1, -0.05) is 6.08 Å². The Morgan fingerprint density at radius 1 is 1.33 bits per heavy atom. The number of nitrogens with one attached hydrogen (secondary N) is 1. The second-order valence-corrected chi connectivity index (χ2v) is 4.58. The van der Waals surface area contributed by atoms with Crippen LogP contribution in [0.5, 0.6) is 0 Å². The molecule has 0 rings (SSSR count). The van der Waals surface area contributed by atoms with Crippen LogP contribution in [0.1, 0.15) is 27.2 Å². The molecule has 1 amide bonds. The van der Waals surface area contributed by atoms with Gasteiger partial charge in [0.15, 0.2) is 0 Å². The van der Waals surface area contributed by atoms with Gasteiger partial charge in [-0.3, -0.25) is 4.79 Å². The van der Waals surface area contributed by atoms with Crippen molar-refractivity contribution in [2.45, 2.75) is 45.0 Å². The van der Waals surface area contributed by atoms with Crippen molar-refractivity contribution in [3.05, 3.63) is 12.7 Å². The molecule has 0 aliphatic carbocycles. The third kappa shape index (κ3) is 6.27. The Morgan fingerprint density at radius 2 is 1.83 bits per heavy atom. The van der Waals surface area contributed by atoms with Crippen molar-refractivity contribution in [1.29, 1.82) is 0 Å². The molecule has 4 nitrogen and oxygen atoms in total. The van der Waals surface area contributed by atoms with Crippen LogP contribution in [-0.4, -0.2) is 29.7 Å². The van der Waals surface area contributed by atoms with Crippen molar-refractivity contribution in [2.24, 2.45) is 0 Å². The fraction of sp³-hybridized carbons (Fsp3) is 0.636. The van der Waals surface area contributed by atoms with E-state index in [2.05, 4.69) is 6.58 Å². The topological polar surface area (TPSA) is 55.4 Å². The van der Waals surface area contributed by atoms with E-state index in [0.29, 0.717) is 0 Å². The summed E-state index contributed by atoms with van der Waals surface area (Å²) in [5.74, 6) is -3.11. The summed E-state index contributed by atoms with van der Waals surface area (Å²) in [6, 6.07) is -1.39. The van der Waals surface area contributed by atoms with Crippen LogP contribution in [0.15, 0.2) is 12.7 Å². The van der Waals surface area contributed by atoms with Gasteiger partial charge >= 0.3 is 18.1 Å². The van der Waals surface area contributed by atoms with Gasteiger partial charge in [-0.15, -0.1) is 6.58 Å². The smallest absolute Gasteiger partial charge is 0.458 e. The molecule has 0 saturated carbocycles. The molecule has 0 aromatic carbocycles. The third-order valence-electron chi connectivity index (χ3n) is 1.66. The summed E-state index contributed by atoms with van der Waals surface area (Å²) in [5, 5.41) is 1.57. The van der Waals surface area contributed by atoms with E-state index < -0.39 is 29.7 Å².